The van der Waals surface area contributed by atoms with Crippen LogP contribution in [0.1, 0.15) is 0 Å². The van der Waals surface area contributed by atoms with E-state index in [2.05, 4.69) is 26.2 Å². The summed E-state index contributed by atoms with van der Waals surface area (Å²) in [6.07, 6.45) is 1.72. The van der Waals surface area contributed by atoms with E-state index < -0.39 is 8.32 Å². The van der Waals surface area contributed by atoms with Crippen LogP contribution in [0.2, 0.25) is 19.6 Å². The minimum atomic E-state index is -1.42. The number of hydrogen-bond acceptors (Lipinski definition) is 7. The molecule has 0 amide bonds. The van der Waals surface area contributed by atoms with Crippen molar-refractivity contribution < 1.29 is 32.8 Å². The van der Waals surface area contributed by atoms with Crippen LogP contribution in [0.3, 0.4) is 0 Å². The quantitative estimate of drug-likeness (QED) is 0.168. The molecule has 0 rings (SSSR count). The molecule has 0 aromatic carbocycles. The van der Waals surface area contributed by atoms with E-state index in [1.165, 1.54) is 0 Å². The zero-order valence-electron chi connectivity index (χ0n) is 16.8. The molecule has 0 fully saturated rings. The van der Waals surface area contributed by atoms with Crippen molar-refractivity contribution in [2.75, 3.05) is 85.9 Å². The van der Waals surface area contributed by atoms with Crippen LogP contribution in [-0.4, -0.2) is 94.2 Å². The first kappa shape index (κ1) is 25.7. The summed E-state index contributed by atoms with van der Waals surface area (Å²) in [5, 5.41) is 0. The minimum absolute atomic E-state index is 0.552. The van der Waals surface area contributed by atoms with Crippen molar-refractivity contribution in [3.63, 3.8) is 0 Å². The molecular weight excluding hydrogens is 356 g/mol. The van der Waals surface area contributed by atoms with Gasteiger partial charge in [0.15, 0.2) is 8.32 Å². The molecule has 0 atom stereocenters. The largest absolute Gasteiger partial charge is 0.415 e. The van der Waals surface area contributed by atoms with Crippen molar-refractivity contribution in [2.24, 2.45) is 0 Å². The highest BCUT2D eigenvalue weighted by Gasteiger charge is 2.12. The van der Waals surface area contributed by atoms with Crippen molar-refractivity contribution in [3.05, 3.63) is 12.7 Å². The Bertz CT molecular complexity index is 298. The van der Waals surface area contributed by atoms with Crippen molar-refractivity contribution in [1.82, 2.24) is 0 Å². The Balaban J connectivity index is 3.02. The molecule has 0 aromatic heterocycles. The second kappa shape index (κ2) is 19.4. The summed E-state index contributed by atoms with van der Waals surface area (Å²) in [5.74, 6) is 0. The third-order valence-corrected chi connectivity index (χ3v) is 3.93. The van der Waals surface area contributed by atoms with E-state index in [-0.39, 0.29) is 0 Å². The van der Waals surface area contributed by atoms with Gasteiger partial charge in [-0.15, -0.1) is 6.58 Å². The van der Waals surface area contributed by atoms with Crippen molar-refractivity contribution in [2.45, 2.75) is 19.6 Å². The zero-order chi connectivity index (χ0) is 19.3. The van der Waals surface area contributed by atoms with E-state index >= 15 is 0 Å². The molecule has 0 saturated carbocycles. The van der Waals surface area contributed by atoms with E-state index in [0.717, 1.165) is 0 Å². The summed E-state index contributed by atoms with van der Waals surface area (Å²) in [5.41, 5.74) is 0. The van der Waals surface area contributed by atoms with Crippen LogP contribution in [0.15, 0.2) is 12.7 Å². The third-order valence-electron chi connectivity index (χ3n) is 2.86. The minimum Gasteiger partial charge on any atom is -0.415 e. The Labute approximate surface area is 160 Å². The van der Waals surface area contributed by atoms with Gasteiger partial charge in [0.05, 0.1) is 85.9 Å². The van der Waals surface area contributed by atoms with Gasteiger partial charge in [-0.3, -0.25) is 0 Å². The first-order valence-electron chi connectivity index (χ1n) is 9.27. The fourth-order valence-electron chi connectivity index (χ4n) is 1.67. The summed E-state index contributed by atoms with van der Waals surface area (Å²) in [6, 6.07) is 0. The van der Waals surface area contributed by atoms with Gasteiger partial charge in [-0.05, 0) is 19.6 Å². The molecule has 0 aliphatic heterocycles. The maximum atomic E-state index is 5.69. The van der Waals surface area contributed by atoms with E-state index in [9.17, 15) is 0 Å². The second-order valence-electron chi connectivity index (χ2n) is 6.39. The molecule has 26 heavy (non-hydrogen) atoms. The highest BCUT2D eigenvalue weighted by atomic mass is 28.4. The summed E-state index contributed by atoms with van der Waals surface area (Å²) in [6.45, 7) is 17.5. The molecular formula is C18H38O7Si. The van der Waals surface area contributed by atoms with Gasteiger partial charge in [-0.25, -0.2) is 0 Å². The summed E-state index contributed by atoms with van der Waals surface area (Å²) in [4.78, 5) is 0. The van der Waals surface area contributed by atoms with Crippen LogP contribution >= 0.6 is 0 Å². The predicted octanol–water partition coefficient (Wildman–Crippen LogP) is 2.12. The topological polar surface area (TPSA) is 64.6 Å². The smallest absolute Gasteiger partial charge is 0.183 e. The number of rotatable bonds is 21. The molecule has 7 nitrogen and oxygen atoms in total. The molecule has 0 bridgehead atoms. The van der Waals surface area contributed by atoms with Crippen LogP contribution < -0.4 is 0 Å². The highest BCUT2D eigenvalue weighted by Crippen LogP contribution is 2.01. The zero-order valence-corrected chi connectivity index (χ0v) is 17.8. The number of hydrogen-bond donors (Lipinski definition) is 0. The predicted molar refractivity (Wildman–Crippen MR) is 104 cm³/mol. The van der Waals surface area contributed by atoms with E-state index in [1.54, 1.807) is 6.08 Å². The van der Waals surface area contributed by atoms with Crippen molar-refractivity contribution in [1.29, 1.82) is 0 Å². The average Bonchev–Trinajstić information content (AvgIpc) is 2.59. The molecule has 0 unspecified atom stereocenters. The van der Waals surface area contributed by atoms with Crippen LogP contribution in [0, 0.1) is 0 Å². The highest BCUT2D eigenvalue weighted by molar-refractivity contribution is 6.69. The first-order valence-corrected chi connectivity index (χ1v) is 12.7. The molecule has 8 heteroatoms. The molecule has 0 heterocycles. The third kappa shape index (κ3) is 23.7. The monoisotopic (exact) mass is 394 g/mol. The lowest BCUT2D eigenvalue weighted by molar-refractivity contribution is -0.0169. The first-order chi connectivity index (χ1) is 12.6. The fraction of sp³-hybridized carbons (Fsp3) is 0.889. The number of ether oxygens (including phenoxy) is 6. The van der Waals surface area contributed by atoms with Crippen molar-refractivity contribution in [3.8, 4) is 0 Å². The Kier molecular flexibility index (Phi) is 19.2. The lowest BCUT2D eigenvalue weighted by atomic mass is 10.6. The van der Waals surface area contributed by atoms with E-state index in [0.29, 0.717) is 85.9 Å². The van der Waals surface area contributed by atoms with Crippen LogP contribution in [0.25, 0.3) is 0 Å². The van der Waals surface area contributed by atoms with Gasteiger partial charge >= 0.3 is 0 Å². The summed E-state index contributed by atoms with van der Waals surface area (Å²) < 4.78 is 37.9. The average molecular weight is 395 g/mol. The normalized spacial score (nSPS) is 11.8. The Hall–Kier alpha value is -0.323. The lowest BCUT2D eigenvalue weighted by Gasteiger charge is -2.16. The van der Waals surface area contributed by atoms with E-state index in [4.69, 9.17) is 32.8 Å². The summed E-state index contributed by atoms with van der Waals surface area (Å²) >= 11 is 0. The maximum absolute atomic E-state index is 5.69. The molecule has 0 aliphatic carbocycles. The molecule has 0 saturated heterocycles. The van der Waals surface area contributed by atoms with Gasteiger partial charge in [-0.2, -0.15) is 0 Å². The van der Waals surface area contributed by atoms with E-state index in [1.807, 2.05) is 0 Å². The summed E-state index contributed by atoms with van der Waals surface area (Å²) in [7, 11) is -1.42. The SMILES string of the molecule is C=CCOCCOCCOCCOCCOCCOCCO[Si](C)(C)C. The van der Waals surface area contributed by atoms with Crippen LogP contribution in [0.4, 0.5) is 0 Å². The fourth-order valence-corrected chi connectivity index (χ4v) is 2.37. The molecule has 0 N–H and O–H groups in total. The van der Waals surface area contributed by atoms with Gasteiger partial charge in [0.2, 0.25) is 0 Å². The molecule has 156 valence electrons. The molecule has 0 aliphatic rings. The molecule has 0 spiro atoms. The molecule has 0 radical (unpaired) electrons. The van der Waals surface area contributed by atoms with Gasteiger partial charge in [0.25, 0.3) is 0 Å². The Morgan fingerprint density at radius 3 is 1.15 bits per heavy atom. The van der Waals surface area contributed by atoms with Crippen LogP contribution in [0.5, 0.6) is 0 Å². The van der Waals surface area contributed by atoms with Gasteiger partial charge < -0.3 is 32.8 Å². The second-order valence-corrected chi connectivity index (χ2v) is 10.9. The lowest BCUT2D eigenvalue weighted by Crippen LogP contribution is -2.27. The molecule has 0 aromatic rings. The van der Waals surface area contributed by atoms with Crippen molar-refractivity contribution >= 4 is 8.32 Å². The maximum Gasteiger partial charge on any atom is 0.183 e. The van der Waals surface area contributed by atoms with Crippen LogP contribution in [-0.2, 0) is 32.8 Å². The van der Waals surface area contributed by atoms with Gasteiger partial charge in [0, 0.05) is 0 Å². The van der Waals surface area contributed by atoms with Gasteiger partial charge in [0.1, 0.15) is 0 Å². The standard InChI is InChI=1S/C18H38O7Si/c1-5-6-19-7-8-20-9-10-21-11-12-22-13-14-23-15-16-24-17-18-25-26(2,3)4/h5H,1,6-18H2,2-4H3. The van der Waals surface area contributed by atoms with Gasteiger partial charge in [-0.1, -0.05) is 6.08 Å². The Morgan fingerprint density at radius 1 is 0.538 bits per heavy atom. The Morgan fingerprint density at radius 2 is 0.846 bits per heavy atom.